The number of rotatable bonds is 5. The van der Waals surface area contributed by atoms with E-state index in [1.54, 1.807) is 19.2 Å². The average Bonchev–Trinajstić information content (AvgIpc) is 2.53. The Morgan fingerprint density at radius 2 is 1.95 bits per heavy atom. The second kappa shape index (κ2) is 6.51. The van der Waals surface area contributed by atoms with E-state index < -0.39 is 4.92 Å². The number of methoxy groups -OCH3 is 1. The topological polar surface area (TPSA) is 76.8 Å². The quantitative estimate of drug-likeness (QED) is 0.518. The number of nitro benzene ring substituents is 1. The Morgan fingerprint density at radius 1 is 1.24 bits per heavy atom. The van der Waals surface area contributed by atoms with Crippen LogP contribution >= 0.6 is 0 Å². The molecule has 0 bridgehead atoms. The molecule has 0 saturated heterocycles. The van der Waals surface area contributed by atoms with E-state index in [9.17, 15) is 10.1 Å². The van der Waals surface area contributed by atoms with Crippen LogP contribution in [-0.4, -0.2) is 17.7 Å². The molecule has 0 aliphatic heterocycles. The molecule has 0 atom stereocenters. The standard InChI is InChI=1S/C15H15N3O3/c1-11(12-4-3-5-15(10-12)21-2)16-17-13-6-8-14(9-7-13)18(19)20/h3-10,17H,1-2H3. The maximum Gasteiger partial charge on any atom is 0.269 e. The van der Waals surface area contributed by atoms with Crippen molar-refractivity contribution in [1.82, 2.24) is 0 Å². The lowest BCUT2D eigenvalue weighted by Crippen LogP contribution is -2.00. The van der Waals surface area contributed by atoms with E-state index in [4.69, 9.17) is 4.74 Å². The molecule has 2 aromatic carbocycles. The highest BCUT2D eigenvalue weighted by Crippen LogP contribution is 2.16. The van der Waals surface area contributed by atoms with Gasteiger partial charge in [0.05, 0.1) is 23.4 Å². The number of anilines is 1. The highest BCUT2D eigenvalue weighted by atomic mass is 16.6. The predicted molar refractivity (Wildman–Crippen MR) is 81.9 cm³/mol. The fourth-order valence-corrected chi connectivity index (χ4v) is 1.72. The molecule has 0 aliphatic carbocycles. The van der Waals surface area contributed by atoms with Crippen LogP contribution in [0.2, 0.25) is 0 Å². The lowest BCUT2D eigenvalue weighted by molar-refractivity contribution is -0.384. The lowest BCUT2D eigenvalue weighted by Gasteiger charge is -2.05. The third-order valence-electron chi connectivity index (χ3n) is 2.92. The van der Waals surface area contributed by atoms with E-state index in [2.05, 4.69) is 10.5 Å². The van der Waals surface area contributed by atoms with Crippen LogP contribution in [0.1, 0.15) is 12.5 Å². The molecular weight excluding hydrogens is 270 g/mol. The zero-order valence-electron chi connectivity index (χ0n) is 11.7. The Kier molecular flexibility index (Phi) is 4.50. The minimum Gasteiger partial charge on any atom is -0.497 e. The summed E-state index contributed by atoms with van der Waals surface area (Å²) in [5.41, 5.74) is 5.32. The maximum absolute atomic E-state index is 10.6. The van der Waals surface area contributed by atoms with Gasteiger partial charge in [0.2, 0.25) is 0 Å². The SMILES string of the molecule is COc1cccc(C(C)=NNc2ccc([N+](=O)[O-])cc2)c1. The van der Waals surface area contributed by atoms with Crippen molar-refractivity contribution in [1.29, 1.82) is 0 Å². The van der Waals surface area contributed by atoms with Gasteiger partial charge < -0.3 is 4.74 Å². The second-order valence-corrected chi connectivity index (χ2v) is 4.34. The van der Waals surface area contributed by atoms with E-state index in [1.165, 1.54) is 12.1 Å². The summed E-state index contributed by atoms with van der Waals surface area (Å²) in [5.74, 6) is 0.761. The summed E-state index contributed by atoms with van der Waals surface area (Å²) < 4.78 is 5.16. The van der Waals surface area contributed by atoms with Crippen molar-refractivity contribution >= 4 is 17.1 Å². The number of non-ortho nitro benzene ring substituents is 1. The zero-order valence-corrected chi connectivity index (χ0v) is 11.7. The van der Waals surface area contributed by atoms with Crippen LogP contribution in [0, 0.1) is 10.1 Å². The summed E-state index contributed by atoms with van der Waals surface area (Å²) in [7, 11) is 1.61. The Balaban J connectivity index is 2.10. The second-order valence-electron chi connectivity index (χ2n) is 4.34. The van der Waals surface area contributed by atoms with Gasteiger partial charge in [-0.1, -0.05) is 12.1 Å². The number of hydrazone groups is 1. The smallest absolute Gasteiger partial charge is 0.269 e. The van der Waals surface area contributed by atoms with Gasteiger partial charge in [-0.3, -0.25) is 15.5 Å². The van der Waals surface area contributed by atoms with E-state index in [-0.39, 0.29) is 5.69 Å². The van der Waals surface area contributed by atoms with Crippen LogP contribution < -0.4 is 10.2 Å². The van der Waals surface area contributed by atoms with E-state index in [0.29, 0.717) is 5.69 Å². The van der Waals surface area contributed by atoms with Crippen LogP contribution in [0.25, 0.3) is 0 Å². The highest BCUT2D eigenvalue weighted by molar-refractivity contribution is 5.99. The summed E-state index contributed by atoms with van der Waals surface area (Å²) in [6, 6.07) is 13.6. The van der Waals surface area contributed by atoms with Crippen molar-refractivity contribution in [2.75, 3.05) is 12.5 Å². The van der Waals surface area contributed by atoms with Gasteiger partial charge in [-0.15, -0.1) is 0 Å². The predicted octanol–water partition coefficient (Wildman–Crippen LogP) is 3.44. The Bertz CT molecular complexity index is 666. The summed E-state index contributed by atoms with van der Waals surface area (Å²) in [6.07, 6.45) is 0. The summed E-state index contributed by atoms with van der Waals surface area (Å²) in [5, 5.41) is 14.8. The van der Waals surface area contributed by atoms with Gasteiger partial charge in [-0.2, -0.15) is 5.10 Å². The van der Waals surface area contributed by atoms with Crippen molar-refractivity contribution in [2.45, 2.75) is 6.92 Å². The van der Waals surface area contributed by atoms with Crippen molar-refractivity contribution < 1.29 is 9.66 Å². The van der Waals surface area contributed by atoms with Gasteiger partial charge >= 0.3 is 0 Å². The molecule has 6 heteroatoms. The normalized spacial score (nSPS) is 11.0. The molecule has 0 amide bonds. The molecule has 0 aromatic heterocycles. The zero-order chi connectivity index (χ0) is 15.2. The highest BCUT2D eigenvalue weighted by Gasteiger charge is 2.03. The van der Waals surface area contributed by atoms with E-state index >= 15 is 0 Å². The molecule has 0 aliphatic rings. The largest absolute Gasteiger partial charge is 0.497 e. The molecule has 0 heterocycles. The number of nitrogens with zero attached hydrogens (tertiary/aromatic N) is 2. The van der Waals surface area contributed by atoms with Crippen molar-refractivity contribution in [3.05, 3.63) is 64.2 Å². The summed E-state index contributed by atoms with van der Waals surface area (Å²) in [4.78, 5) is 10.1. The molecule has 0 radical (unpaired) electrons. The Morgan fingerprint density at radius 3 is 2.57 bits per heavy atom. The fraction of sp³-hybridized carbons (Fsp3) is 0.133. The van der Waals surface area contributed by atoms with Gasteiger partial charge in [0.25, 0.3) is 5.69 Å². The minimum absolute atomic E-state index is 0.0500. The molecule has 1 N–H and O–H groups in total. The summed E-state index contributed by atoms with van der Waals surface area (Å²) >= 11 is 0. The molecule has 21 heavy (non-hydrogen) atoms. The van der Waals surface area contributed by atoms with Gasteiger partial charge in [0, 0.05) is 17.7 Å². The number of nitro groups is 1. The van der Waals surface area contributed by atoms with Gasteiger partial charge in [0.1, 0.15) is 5.75 Å². The first-order chi connectivity index (χ1) is 10.1. The van der Waals surface area contributed by atoms with Crippen molar-refractivity contribution in [3.8, 4) is 5.75 Å². The minimum atomic E-state index is -0.436. The van der Waals surface area contributed by atoms with Crippen LogP contribution in [0.5, 0.6) is 5.75 Å². The maximum atomic E-state index is 10.6. The number of nitrogens with one attached hydrogen (secondary N) is 1. The monoisotopic (exact) mass is 285 g/mol. The van der Waals surface area contributed by atoms with Crippen molar-refractivity contribution in [2.24, 2.45) is 5.10 Å². The number of hydrogen-bond acceptors (Lipinski definition) is 5. The Hall–Kier alpha value is -2.89. The third kappa shape index (κ3) is 3.79. The van der Waals surface area contributed by atoms with Gasteiger partial charge in [-0.05, 0) is 31.2 Å². The first-order valence-corrected chi connectivity index (χ1v) is 6.29. The summed E-state index contributed by atoms with van der Waals surface area (Å²) in [6.45, 7) is 1.87. The molecule has 0 saturated carbocycles. The fourth-order valence-electron chi connectivity index (χ4n) is 1.72. The molecule has 6 nitrogen and oxygen atoms in total. The van der Waals surface area contributed by atoms with E-state index in [0.717, 1.165) is 17.0 Å². The third-order valence-corrected chi connectivity index (χ3v) is 2.92. The first kappa shape index (κ1) is 14.5. The number of benzene rings is 2. The molecule has 0 spiro atoms. The molecule has 2 aromatic rings. The molecule has 108 valence electrons. The molecule has 0 unspecified atom stereocenters. The van der Waals surface area contributed by atoms with Gasteiger partial charge in [0.15, 0.2) is 0 Å². The van der Waals surface area contributed by atoms with E-state index in [1.807, 2.05) is 31.2 Å². The number of ether oxygens (including phenoxy) is 1. The van der Waals surface area contributed by atoms with Crippen LogP contribution in [0.4, 0.5) is 11.4 Å². The molecule has 2 rings (SSSR count). The average molecular weight is 285 g/mol. The Labute approximate surface area is 122 Å². The first-order valence-electron chi connectivity index (χ1n) is 6.29. The van der Waals surface area contributed by atoms with Gasteiger partial charge in [-0.25, -0.2) is 0 Å². The van der Waals surface area contributed by atoms with Crippen LogP contribution in [0.3, 0.4) is 0 Å². The number of hydrogen-bond donors (Lipinski definition) is 1. The molecular formula is C15H15N3O3. The van der Waals surface area contributed by atoms with Crippen LogP contribution in [-0.2, 0) is 0 Å². The molecule has 0 fully saturated rings. The van der Waals surface area contributed by atoms with Crippen molar-refractivity contribution in [3.63, 3.8) is 0 Å². The van der Waals surface area contributed by atoms with Crippen LogP contribution in [0.15, 0.2) is 53.6 Å². The lowest BCUT2D eigenvalue weighted by atomic mass is 10.1.